The summed E-state index contributed by atoms with van der Waals surface area (Å²) in [4.78, 5) is 0. The largest absolute Gasteiger partial charge is 0.493 e. The van der Waals surface area contributed by atoms with E-state index >= 15 is 0 Å². The smallest absolute Gasteiger partial charge is 0.165 e. The molecule has 0 heterocycles. The quantitative estimate of drug-likeness (QED) is 0.825. The molecule has 3 nitrogen and oxygen atoms in total. The molecule has 1 aromatic rings. The summed E-state index contributed by atoms with van der Waals surface area (Å²) in [5.74, 6) is 1.41. The molecule has 17 heavy (non-hydrogen) atoms. The van der Waals surface area contributed by atoms with E-state index in [9.17, 15) is 0 Å². The highest BCUT2D eigenvalue weighted by Crippen LogP contribution is 2.35. The first kappa shape index (κ1) is 15.8. The molecule has 0 aromatic heterocycles. The van der Waals surface area contributed by atoms with Crippen LogP contribution >= 0.6 is 12.4 Å². The Hall–Kier alpha value is -1.19. The Morgan fingerprint density at radius 1 is 1.35 bits per heavy atom. The van der Waals surface area contributed by atoms with Crippen molar-refractivity contribution in [3.63, 3.8) is 0 Å². The maximum absolute atomic E-state index is 6.10. The number of rotatable bonds is 5. The molecule has 1 atom stereocenters. The zero-order chi connectivity index (χ0) is 12.1. The van der Waals surface area contributed by atoms with E-state index in [-0.39, 0.29) is 18.4 Å². The summed E-state index contributed by atoms with van der Waals surface area (Å²) in [6, 6.07) is 5.61. The third-order valence-corrected chi connectivity index (χ3v) is 2.40. The van der Waals surface area contributed by atoms with Crippen molar-refractivity contribution in [1.82, 2.24) is 0 Å². The second-order valence-corrected chi connectivity index (χ2v) is 3.85. The van der Waals surface area contributed by atoms with E-state index < -0.39 is 0 Å². The number of ether oxygens (including phenoxy) is 2. The third-order valence-electron chi connectivity index (χ3n) is 2.40. The van der Waals surface area contributed by atoms with Crippen molar-refractivity contribution in [3.05, 3.63) is 35.9 Å². The Balaban J connectivity index is 0.00000256. The maximum Gasteiger partial charge on any atom is 0.165 e. The molecule has 0 spiro atoms. The molecule has 0 bridgehead atoms. The van der Waals surface area contributed by atoms with Gasteiger partial charge in [0.1, 0.15) is 0 Å². The Morgan fingerprint density at radius 2 is 2.00 bits per heavy atom. The number of hydrogen-bond acceptors (Lipinski definition) is 3. The van der Waals surface area contributed by atoms with Crippen molar-refractivity contribution in [2.24, 2.45) is 5.73 Å². The molecule has 1 rings (SSSR count). The summed E-state index contributed by atoms with van der Waals surface area (Å²) in [6.45, 7) is 5.83. The van der Waals surface area contributed by atoms with Gasteiger partial charge in [0.15, 0.2) is 11.5 Å². The second kappa shape index (κ2) is 7.20. The lowest BCUT2D eigenvalue weighted by Gasteiger charge is -2.17. The third kappa shape index (κ3) is 3.95. The Morgan fingerprint density at radius 3 is 2.47 bits per heavy atom. The number of halogens is 1. The molecule has 96 valence electrons. The van der Waals surface area contributed by atoms with Crippen LogP contribution in [0.15, 0.2) is 30.4 Å². The highest BCUT2D eigenvalue weighted by Gasteiger charge is 2.15. The van der Waals surface area contributed by atoms with E-state index in [0.29, 0.717) is 11.5 Å². The lowest BCUT2D eigenvalue weighted by atomic mass is 10.00. The average molecular weight is 258 g/mol. The first-order valence-corrected chi connectivity index (χ1v) is 5.21. The van der Waals surface area contributed by atoms with E-state index in [1.54, 1.807) is 14.2 Å². The monoisotopic (exact) mass is 257 g/mol. The number of benzene rings is 1. The maximum atomic E-state index is 6.10. The first-order valence-electron chi connectivity index (χ1n) is 5.21. The van der Waals surface area contributed by atoms with E-state index in [2.05, 4.69) is 6.58 Å². The molecule has 0 aliphatic rings. The topological polar surface area (TPSA) is 44.5 Å². The van der Waals surface area contributed by atoms with Gasteiger partial charge in [-0.05, 0) is 19.4 Å². The average Bonchev–Trinajstić information content (AvgIpc) is 2.26. The van der Waals surface area contributed by atoms with E-state index in [0.717, 1.165) is 17.6 Å². The van der Waals surface area contributed by atoms with Gasteiger partial charge in [-0.2, -0.15) is 0 Å². The van der Waals surface area contributed by atoms with Crippen LogP contribution in [0.1, 0.15) is 24.9 Å². The summed E-state index contributed by atoms with van der Waals surface area (Å²) in [6.07, 6.45) is 0.740. The summed E-state index contributed by atoms with van der Waals surface area (Å²) < 4.78 is 10.6. The van der Waals surface area contributed by atoms with Crippen molar-refractivity contribution >= 4 is 12.4 Å². The minimum absolute atomic E-state index is 0. The molecule has 1 aromatic carbocycles. The second-order valence-electron chi connectivity index (χ2n) is 3.85. The molecule has 0 saturated heterocycles. The van der Waals surface area contributed by atoms with Crippen LogP contribution in [-0.2, 0) is 0 Å². The Bertz CT molecular complexity index is 380. The number of hydrogen-bond donors (Lipinski definition) is 1. The number of methoxy groups -OCH3 is 2. The lowest BCUT2D eigenvalue weighted by molar-refractivity contribution is 0.349. The fraction of sp³-hybridized carbons (Fsp3) is 0.385. The lowest BCUT2D eigenvalue weighted by Crippen LogP contribution is -2.12. The van der Waals surface area contributed by atoms with Gasteiger partial charge in [0, 0.05) is 11.6 Å². The van der Waals surface area contributed by atoms with Gasteiger partial charge in [0.2, 0.25) is 0 Å². The predicted octanol–water partition coefficient (Wildman–Crippen LogP) is 3.09. The zero-order valence-corrected chi connectivity index (χ0v) is 11.3. The van der Waals surface area contributed by atoms with Crippen molar-refractivity contribution in [3.8, 4) is 11.5 Å². The SMILES string of the molecule is C=C(C)C[C@H](N)c1cccc(OC)c1OC.Cl. The van der Waals surface area contributed by atoms with Crippen LogP contribution in [0.25, 0.3) is 0 Å². The number of para-hydroxylation sites is 1. The van der Waals surface area contributed by atoms with Gasteiger partial charge < -0.3 is 15.2 Å². The van der Waals surface area contributed by atoms with Crippen molar-refractivity contribution in [2.45, 2.75) is 19.4 Å². The Kier molecular flexibility index (Phi) is 6.69. The van der Waals surface area contributed by atoms with Gasteiger partial charge >= 0.3 is 0 Å². The van der Waals surface area contributed by atoms with Gasteiger partial charge in [0.05, 0.1) is 14.2 Å². The summed E-state index contributed by atoms with van der Waals surface area (Å²) in [7, 11) is 3.24. The van der Waals surface area contributed by atoms with Gasteiger partial charge in [-0.15, -0.1) is 19.0 Å². The zero-order valence-electron chi connectivity index (χ0n) is 10.5. The van der Waals surface area contributed by atoms with Crippen LogP contribution in [0.5, 0.6) is 11.5 Å². The van der Waals surface area contributed by atoms with Crippen molar-refractivity contribution in [1.29, 1.82) is 0 Å². The van der Waals surface area contributed by atoms with Crippen LogP contribution in [-0.4, -0.2) is 14.2 Å². The molecule has 0 unspecified atom stereocenters. The van der Waals surface area contributed by atoms with Gasteiger partial charge in [-0.3, -0.25) is 0 Å². The van der Waals surface area contributed by atoms with Crippen molar-refractivity contribution in [2.75, 3.05) is 14.2 Å². The van der Waals surface area contributed by atoms with E-state index in [1.165, 1.54) is 0 Å². The number of nitrogens with two attached hydrogens (primary N) is 1. The standard InChI is InChI=1S/C13H19NO2.ClH/c1-9(2)8-11(14)10-6-5-7-12(15-3)13(10)16-4;/h5-7,11H,1,8,14H2,2-4H3;1H/t11-;/m0./s1. The minimum atomic E-state index is -0.109. The summed E-state index contributed by atoms with van der Waals surface area (Å²) in [5.41, 5.74) is 8.10. The molecule has 2 N–H and O–H groups in total. The molecule has 4 heteroatoms. The van der Waals surface area contributed by atoms with Crippen LogP contribution in [0.2, 0.25) is 0 Å². The van der Waals surface area contributed by atoms with E-state index in [1.807, 2.05) is 25.1 Å². The van der Waals surface area contributed by atoms with Gasteiger partial charge in [0.25, 0.3) is 0 Å². The van der Waals surface area contributed by atoms with Crippen LogP contribution < -0.4 is 15.2 Å². The fourth-order valence-corrected chi connectivity index (χ4v) is 1.69. The first-order chi connectivity index (χ1) is 7.60. The molecular weight excluding hydrogens is 238 g/mol. The highest BCUT2D eigenvalue weighted by atomic mass is 35.5. The minimum Gasteiger partial charge on any atom is -0.493 e. The van der Waals surface area contributed by atoms with Crippen LogP contribution in [0.3, 0.4) is 0 Å². The molecule has 0 radical (unpaired) electrons. The summed E-state index contributed by atoms with van der Waals surface area (Å²) in [5, 5.41) is 0. The van der Waals surface area contributed by atoms with Gasteiger partial charge in [-0.25, -0.2) is 0 Å². The molecule has 0 fully saturated rings. The van der Waals surface area contributed by atoms with E-state index in [4.69, 9.17) is 15.2 Å². The fourth-order valence-electron chi connectivity index (χ4n) is 1.69. The molecule has 0 amide bonds. The Labute approximate surface area is 109 Å². The summed E-state index contributed by atoms with van der Waals surface area (Å²) >= 11 is 0. The van der Waals surface area contributed by atoms with Gasteiger partial charge in [-0.1, -0.05) is 17.7 Å². The molecule has 0 saturated carbocycles. The molecule has 0 aliphatic carbocycles. The van der Waals surface area contributed by atoms with Crippen LogP contribution in [0.4, 0.5) is 0 Å². The predicted molar refractivity (Wildman–Crippen MR) is 73.2 cm³/mol. The van der Waals surface area contributed by atoms with Crippen molar-refractivity contribution < 1.29 is 9.47 Å². The normalized spacial score (nSPS) is 11.3. The van der Waals surface area contributed by atoms with Crippen LogP contribution in [0, 0.1) is 0 Å². The highest BCUT2D eigenvalue weighted by molar-refractivity contribution is 5.85. The molecular formula is C13H20ClNO2. The molecule has 0 aliphatic heterocycles.